The molecule has 90 valence electrons. The number of fused-ring (bicyclic) bond motifs is 1. The van der Waals surface area contributed by atoms with Crippen molar-refractivity contribution in [1.29, 1.82) is 0 Å². The lowest BCUT2D eigenvalue weighted by Crippen LogP contribution is -2.14. The molecule has 1 saturated carbocycles. The maximum atomic E-state index is 5.54. The maximum Gasteiger partial charge on any atom is 0.122 e. The number of ether oxygens (including phenoxy) is 1. The highest BCUT2D eigenvalue weighted by Gasteiger charge is 2.28. The molecular formula is C15H19NO. The fraction of sp³-hybridized carbons (Fsp3) is 0.533. The van der Waals surface area contributed by atoms with Crippen LogP contribution in [-0.4, -0.2) is 19.4 Å². The molecule has 1 atom stereocenters. The van der Waals surface area contributed by atoms with Gasteiger partial charge in [-0.15, -0.1) is 0 Å². The predicted octanol–water partition coefficient (Wildman–Crippen LogP) is 3.33. The molecule has 1 aromatic carbocycles. The lowest BCUT2D eigenvalue weighted by atomic mass is 9.93. The highest BCUT2D eigenvalue weighted by molar-refractivity contribution is 5.84. The lowest BCUT2D eigenvalue weighted by molar-refractivity contribution is 0.409. The molecule has 1 aliphatic carbocycles. The van der Waals surface area contributed by atoms with E-state index in [0.717, 1.165) is 24.5 Å². The van der Waals surface area contributed by atoms with Crippen LogP contribution in [0, 0.1) is 0 Å². The fourth-order valence-corrected chi connectivity index (χ4v) is 2.59. The summed E-state index contributed by atoms with van der Waals surface area (Å²) in [5, 5.41) is 0. The van der Waals surface area contributed by atoms with Gasteiger partial charge < -0.3 is 4.74 Å². The van der Waals surface area contributed by atoms with E-state index in [9.17, 15) is 0 Å². The summed E-state index contributed by atoms with van der Waals surface area (Å²) in [5.74, 6) is 1.81. The van der Waals surface area contributed by atoms with E-state index in [1.54, 1.807) is 7.11 Å². The van der Waals surface area contributed by atoms with E-state index in [-0.39, 0.29) is 0 Å². The monoisotopic (exact) mass is 229 g/mol. The van der Waals surface area contributed by atoms with Crippen LogP contribution in [0.3, 0.4) is 0 Å². The van der Waals surface area contributed by atoms with E-state index in [0.29, 0.717) is 6.04 Å². The second-order valence-electron chi connectivity index (χ2n) is 5.11. The molecule has 2 aliphatic rings. The Morgan fingerprint density at radius 1 is 1.35 bits per heavy atom. The highest BCUT2D eigenvalue weighted by atomic mass is 16.5. The summed E-state index contributed by atoms with van der Waals surface area (Å²) in [4.78, 5) is 4.60. The number of methoxy groups -OCH3 is 1. The molecule has 3 rings (SSSR count). The van der Waals surface area contributed by atoms with Crippen LogP contribution in [-0.2, 0) is 6.42 Å². The molecule has 0 saturated heterocycles. The van der Waals surface area contributed by atoms with Crippen LogP contribution in [0.5, 0.6) is 5.75 Å². The van der Waals surface area contributed by atoms with Gasteiger partial charge in [0.25, 0.3) is 0 Å². The van der Waals surface area contributed by atoms with Crippen molar-refractivity contribution in [3.05, 3.63) is 28.8 Å². The molecule has 2 nitrogen and oxygen atoms in total. The van der Waals surface area contributed by atoms with Crippen molar-refractivity contribution in [3.8, 4) is 5.75 Å². The summed E-state index contributed by atoms with van der Waals surface area (Å²) in [7, 11) is 1.78. The Bertz CT molecular complexity index is 460. The summed E-state index contributed by atoms with van der Waals surface area (Å²) in [6.07, 6.45) is 6.85. The summed E-state index contributed by atoms with van der Waals surface area (Å²) in [6.45, 7) is 2.20. The van der Waals surface area contributed by atoms with Crippen LogP contribution in [0.25, 0.3) is 0 Å². The van der Waals surface area contributed by atoms with Crippen molar-refractivity contribution >= 4 is 6.21 Å². The van der Waals surface area contributed by atoms with Crippen molar-refractivity contribution in [2.45, 2.75) is 44.6 Å². The second-order valence-corrected chi connectivity index (χ2v) is 5.11. The molecule has 0 radical (unpaired) electrons. The average molecular weight is 229 g/mol. The molecule has 0 spiro atoms. The van der Waals surface area contributed by atoms with E-state index in [1.165, 1.54) is 29.5 Å². The number of nitrogens with zero attached hydrogens (tertiary/aromatic N) is 1. The molecule has 1 aliphatic heterocycles. The standard InChI is InChI=1S/C15H19NO/c1-3-13-6-11-8-15(17-2)14(10-4-5-10)7-12(11)9-16-13/h7-10,13H,3-6H2,1-2H3/t13-/m1/s1. The Kier molecular flexibility index (Phi) is 2.65. The largest absolute Gasteiger partial charge is 0.496 e. The zero-order valence-electron chi connectivity index (χ0n) is 10.6. The molecule has 1 aromatic rings. The third-order valence-electron chi connectivity index (χ3n) is 3.86. The Hall–Kier alpha value is -1.31. The van der Waals surface area contributed by atoms with Gasteiger partial charge in [-0.2, -0.15) is 0 Å². The summed E-state index contributed by atoms with van der Waals surface area (Å²) in [5.41, 5.74) is 4.08. The van der Waals surface area contributed by atoms with Gasteiger partial charge in [0, 0.05) is 6.21 Å². The van der Waals surface area contributed by atoms with Gasteiger partial charge in [-0.1, -0.05) is 6.92 Å². The molecule has 2 heteroatoms. The van der Waals surface area contributed by atoms with Gasteiger partial charge in [0.1, 0.15) is 5.75 Å². The number of hydrogen-bond donors (Lipinski definition) is 0. The van der Waals surface area contributed by atoms with Crippen molar-refractivity contribution in [2.75, 3.05) is 7.11 Å². The lowest BCUT2D eigenvalue weighted by Gasteiger charge is -2.20. The van der Waals surface area contributed by atoms with E-state index in [4.69, 9.17) is 4.74 Å². The Morgan fingerprint density at radius 2 is 2.18 bits per heavy atom. The molecule has 0 aromatic heterocycles. The number of benzene rings is 1. The van der Waals surface area contributed by atoms with Crippen LogP contribution in [0.15, 0.2) is 17.1 Å². The molecule has 0 amide bonds. The number of aliphatic imine (C=N–C) groups is 1. The first-order valence-electron chi connectivity index (χ1n) is 6.55. The maximum absolute atomic E-state index is 5.54. The Labute approximate surface area is 103 Å². The zero-order chi connectivity index (χ0) is 11.8. The minimum absolute atomic E-state index is 0.457. The minimum atomic E-state index is 0.457. The fourth-order valence-electron chi connectivity index (χ4n) is 2.59. The molecular weight excluding hydrogens is 210 g/mol. The Balaban J connectivity index is 2.01. The van der Waals surface area contributed by atoms with Gasteiger partial charge in [-0.3, -0.25) is 4.99 Å². The second kappa shape index (κ2) is 4.17. The van der Waals surface area contributed by atoms with Gasteiger partial charge in [0.15, 0.2) is 0 Å². The van der Waals surface area contributed by atoms with Gasteiger partial charge in [-0.05, 0) is 60.4 Å². The zero-order valence-corrected chi connectivity index (χ0v) is 10.6. The minimum Gasteiger partial charge on any atom is -0.496 e. The smallest absolute Gasteiger partial charge is 0.122 e. The van der Waals surface area contributed by atoms with Crippen LogP contribution < -0.4 is 4.74 Å². The van der Waals surface area contributed by atoms with Crippen LogP contribution in [0.4, 0.5) is 0 Å². The number of rotatable bonds is 3. The molecule has 0 unspecified atom stereocenters. The third-order valence-corrected chi connectivity index (χ3v) is 3.86. The summed E-state index contributed by atoms with van der Waals surface area (Å²) >= 11 is 0. The summed E-state index contributed by atoms with van der Waals surface area (Å²) < 4.78 is 5.54. The van der Waals surface area contributed by atoms with Crippen molar-refractivity contribution in [1.82, 2.24) is 0 Å². The number of hydrogen-bond acceptors (Lipinski definition) is 2. The van der Waals surface area contributed by atoms with E-state index >= 15 is 0 Å². The van der Waals surface area contributed by atoms with Crippen LogP contribution in [0.2, 0.25) is 0 Å². The molecule has 1 heterocycles. The third kappa shape index (κ3) is 1.97. The van der Waals surface area contributed by atoms with Crippen LogP contribution in [0.1, 0.15) is 48.8 Å². The molecule has 1 fully saturated rings. The molecule has 0 N–H and O–H groups in total. The van der Waals surface area contributed by atoms with E-state index in [1.807, 2.05) is 0 Å². The van der Waals surface area contributed by atoms with Crippen molar-refractivity contribution < 1.29 is 4.74 Å². The van der Waals surface area contributed by atoms with Gasteiger partial charge in [0.05, 0.1) is 13.2 Å². The van der Waals surface area contributed by atoms with Crippen molar-refractivity contribution in [2.24, 2.45) is 4.99 Å². The van der Waals surface area contributed by atoms with Crippen molar-refractivity contribution in [3.63, 3.8) is 0 Å². The first-order chi connectivity index (χ1) is 8.31. The predicted molar refractivity (Wildman–Crippen MR) is 70.3 cm³/mol. The van der Waals surface area contributed by atoms with Gasteiger partial charge >= 0.3 is 0 Å². The quantitative estimate of drug-likeness (QED) is 0.779. The molecule has 17 heavy (non-hydrogen) atoms. The van der Waals surface area contributed by atoms with Gasteiger partial charge in [0.2, 0.25) is 0 Å². The van der Waals surface area contributed by atoms with Crippen LogP contribution >= 0.6 is 0 Å². The van der Waals surface area contributed by atoms with Gasteiger partial charge in [-0.25, -0.2) is 0 Å². The normalized spacial score (nSPS) is 22.4. The Morgan fingerprint density at radius 3 is 2.82 bits per heavy atom. The van der Waals surface area contributed by atoms with E-state index < -0.39 is 0 Å². The molecule has 0 bridgehead atoms. The SMILES string of the molecule is CC[C@@H]1Cc2cc(OC)c(C3CC3)cc2C=N1. The first-order valence-corrected chi connectivity index (χ1v) is 6.55. The first kappa shape index (κ1) is 10.8. The average Bonchev–Trinajstić information content (AvgIpc) is 3.20. The summed E-state index contributed by atoms with van der Waals surface area (Å²) in [6, 6.07) is 4.98. The topological polar surface area (TPSA) is 21.6 Å². The van der Waals surface area contributed by atoms with E-state index in [2.05, 4.69) is 30.3 Å². The highest BCUT2D eigenvalue weighted by Crippen LogP contribution is 2.45.